The minimum absolute atomic E-state index is 0.899. The summed E-state index contributed by atoms with van der Waals surface area (Å²) in [6.45, 7) is 4.23. The van der Waals surface area contributed by atoms with Crippen LogP contribution in [0.4, 0.5) is 0 Å². The molecule has 0 fully saturated rings. The van der Waals surface area contributed by atoms with Gasteiger partial charge < -0.3 is 5.32 Å². The molecule has 4 heteroatoms. The van der Waals surface area contributed by atoms with Gasteiger partial charge in [0.2, 0.25) is 0 Å². The Bertz CT molecular complexity index is 434. The smallest absolute Gasteiger partial charge is 0.0794 e. The second kappa shape index (κ2) is 7.34. The van der Waals surface area contributed by atoms with Crippen molar-refractivity contribution in [1.29, 1.82) is 0 Å². The van der Waals surface area contributed by atoms with Crippen molar-refractivity contribution in [3.63, 3.8) is 0 Å². The molecule has 0 aliphatic rings. The van der Waals surface area contributed by atoms with Crippen molar-refractivity contribution in [1.82, 2.24) is 15.5 Å². The van der Waals surface area contributed by atoms with Crippen LogP contribution in [0.25, 0.3) is 10.6 Å². The zero-order chi connectivity index (χ0) is 12.6. The van der Waals surface area contributed by atoms with Crippen LogP contribution in [0, 0.1) is 0 Å². The molecule has 2 aromatic heterocycles. The molecule has 18 heavy (non-hydrogen) atoms. The van der Waals surface area contributed by atoms with Crippen LogP contribution in [0.1, 0.15) is 38.2 Å². The molecule has 0 unspecified atom stereocenters. The predicted octanol–water partition coefficient (Wildman–Crippen LogP) is 3.81. The lowest BCUT2D eigenvalue weighted by molar-refractivity contribution is 0.598. The minimum atomic E-state index is 0.899. The Morgan fingerprint density at radius 1 is 1.33 bits per heavy atom. The van der Waals surface area contributed by atoms with E-state index in [2.05, 4.69) is 40.0 Å². The summed E-state index contributed by atoms with van der Waals surface area (Å²) >= 11 is 1.75. The number of rotatable bonds is 8. The molecule has 0 saturated carbocycles. The SMILES string of the molecule is CCCCCCNCc1cn[nH]c1-c1cccs1. The van der Waals surface area contributed by atoms with E-state index in [1.54, 1.807) is 11.3 Å². The highest BCUT2D eigenvalue weighted by atomic mass is 32.1. The van der Waals surface area contributed by atoms with Crippen LogP contribution in [-0.4, -0.2) is 16.7 Å². The lowest BCUT2D eigenvalue weighted by Gasteiger charge is -2.04. The van der Waals surface area contributed by atoms with Crippen molar-refractivity contribution in [2.75, 3.05) is 6.54 Å². The van der Waals surface area contributed by atoms with Gasteiger partial charge in [0.05, 0.1) is 16.8 Å². The molecular weight excluding hydrogens is 242 g/mol. The topological polar surface area (TPSA) is 40.7 Å². The van der Waals surface area contributed by atoms with Gasteiger partial charge in [0.15, 0.2) is 0 Å². The first-order valence-corrected chi connectivity index (χ1v) is 7.56. The first-order chi connectivity index (χ1) is 8.92. The number of hydrogen-bond acceptors (Lipinski definition) is 3. The van der Waals surface area contributed by atoms with Gasteiger partial charge in [-0.2, -0.15) is 5.10 Å². The van der Waals surface area contributed by atoms with Gasteiger partial charge in [0.25, 0.3) is 0 Å². The summed E-state index contributed by atoms with van der Waals surface area (Å²) in [6, 6.07) is 4.20. The van der Waals surface area contributed by atoms with Gasteiger partial charge in [-0.25, -0.2) is 0 Å². The van der Waals surface area contributed by atoms with Gasteiger partial charge >= 0.3 is 0 Å². The van der Waals surface area contributed by atoms with Crippen LogP contribution in [0.2, 0.25) is 0 Å². The Kier molecular flexibility index (Phi) is 5.42. The second-order valence-electron chi connectivity index (χ2n) is 4.48. The summed E-state index contributed by atoms with van der Waals surface area (Å²) < 4.78 is 0. The van der Waals surface area contributed by atoms with E-state index < -0.39 is 0 Å². The normalized spacial score (nSPS) is 10.9. The Balaban J connectivity index is 1.78. The molecule has 0 aromatic carbocycles. The van der Waals surface area contributed by atoms with Gasteiger partial charge in [-0.1, -0.05) is 32.3 Å². The molecule has 98 valence electrons. The third-order valence-electron chi connectivity index (χ3n) is 3.01. The molecule has 0 bridgehead atoms. The summed E-state index contributed by atoms with van der Waals surface area (Å²) in [5, 5.41) is 12.8. The van der Waals surface area contributed by atoms with E-state index in [-0.39, 0.29) is 0 Å². The summed E-state index contributed by atoms with van der Waals surface area (Å²) in [5.74, 6) is 0. The first-order valence-electron chi connectivity index (χ1n) is 6.68. The van der Waals surface area contributed by atoms with Gasteiger partial charge in [0.1, 0.15) is 0 Å². The molecule has 0 radical (unpaired) electrons. The monoisotopic (exact) mass is 263 g/mol. The number of unbranched alkanes of at least 4 members (excludes halogenated alkanes) is 3. The van der Waals surface area contributed by atoms with Crippen molar-refractivity contribution in [2.45, 2.75) is 39.2 Å². The van der Waals surface area contributed by atoms with E-state index in [4.69, 9.17) is 0 Å². The Hall–Kier alpha value is -1.13. The number of hydrogen-bond donors (Lipinski definition) is 2. The Morgan fingerprint density at radius 3 is 3.06 bits per heavy atom. The quantitative estimate of drug-likeness (QED) is 0.711. The third-order valence-corrected chi connectivity index (χ3v) is 3.90. The van der Waals surface area contributed by atoms with E-state index in [0.29, 0.717) is 0 Å². The van der Waals surface area contributed by atoms with E-state index in [9.17, 15) is 0 Å². The first kappa shape index (κ1) is 13.3. The maximum absolute atomic E-state index is 4.15. The summed E-state index contributed by atoms with van der Waals surface area (Å²) in [4.78, 5) is 1.26. The molecule has 0 aliphatic carbocycles. The number of aromatic nitrogens is 2. The third kappa shape index (κ3) is 3.68. The number of H-pyrrole nitrogens is 1. The van der Waals surface area contributed by atoms with Crippen LogP contribution >= 0.6 is 11.3 Å². The molecule has 3 nitrogen and oxygen atoms in total. The maximum atomic E-state index is 4.15. The molecule has 2 N–H and O–H groups in total. The molecule has 2 heterocycles. The zero-order valence-electron chi connectivity index (χ0n) is 10.9. The average Bonchev–Trinajstić information content (AvgIpc) is 3.03. The minimum Gasteiger partial charge on any atom is -0.313 e. The summed E-state index contributed by atoms with van der Waals surface area (Å²) in [5.41, 5.74) is 2.42. The largest absolute Gasteiger partial charge is 0.313 e. The highest BCUT2D eigenvalue weighted by Crippen LogP contribution is 2.25. The fraction of sp³-hybridized carbons (Fsp3) is 0.500. The van der Waals surface area contributed by atoms with Crippen molar-refractivity contribution < 1.29 is 0 Å². The van der Waals surface area contributed by atoms with Crippen molar-refractivity contribution in [3.05, 3.63) is 29.3 Å². The molecule has 0 atom stereocenters. The number of nitrogens with one attached hydrogen (secondary N) is 2. The molecule has 0 aliphatic heterocycles. The van der Waals surface area contributed by atoms with Crippen LogP contribution in [0.3, 0.4) is 0 Å². The summed E-state index contributed by atoms with van der Waals surface area (Å²) in [6.07, 6.45) is 7.15. The highest BCUT2D eigenvalue weighted by molar-refractivity contribution is 7.13. The fourth-order valence-electron chi connectivity index (χ4n) is 1.98. The molecule has 2 aromatic rings. The average molecular weight is 263 g/mol. The number of nitrogens with zero attached hydrogens (tertiary/aromatic N) is 1. The van der Waals surface area contributed by atoms with Gasteiger partial charge in [-0.05, 0) is 24.4 Å². The Labute approximate surface area is 113 Å². The van der Waals surface area contributed by atoms with E-state index in [1.807, 2.05) is 6.20 Å². The fourth-order valence-corrected chi connectivity index (χ4v) is 2.73. The highest BCUT2D eigenvalue weighted by Gasteiger charge is 2.07. The van der Waals surface area contributed by atoms with Gasteiger partial charge in [-0.15, -0.1) is 11.3 Å². The van der Waals surface area contributed by atoms with E-state index in [1.165, 1.54) is 36.1 Å². The Morgan fingerprint density at radius 2 is 2.28 bits per heavy atom. The van der Waals surface area contributed by atoms with Crippen LogP contribution in [0.15, 0.2) is 23.7 Å². The molecule has 0 spiro atoms. The maximum Gasteiger partial charge on any atom is 0.0794 e. The second-order valence-corrected chi connectivity index (χ2v) is 5.43. The van der Waals surface area contributed by atoms with Crippen molar-refractivity contribution in [3.8, 4) is 10.6 Å². The summed E-state index contributed by atoms with van der Waals surface area (Å²) in [7, 11) is 0. The van der Waals surface area contributed by atoms with E-state index in [0.717, 1.165) is 18.8 Å². The molecule has 0 amide bonds. The van der Waals surface area contributed by atoms with Crippen molar-refractivity contribution in [2.24, 2.45) is 0 Å². The lowest BCUT2D eigenvalue weighted by atomic mass is 10.2. The lowest BCUT2D eigenvalue weighted by Crippen LogP contribution is -2.14. The van der Waals surface area contributed by atoms with Crippen molar-refractivity contribution >= 4 is 11.3 Å². The standard InChI is InChI=1S/C14H21N3S/c1-2-3-4-5-8-15-10-12-11-16-17-14(12)13-7-6-9-18-13/h6-7,9,11,15H,2-5,8,10H2,1H3,(H,16,17). The predicted molar refractivity (Wildman–Crippen MR) is 77.7 cm³/mol. The van der Waals surface area contributed by atoms with Gasteiger partial charge in [-0.3, -0.25) is 5.10 Å². The van der Waals surface area contributed by atoms with Crippen LogP contribution in [-0.2, 0) is 6.54 Å². The molecule has 0 saturated heterocycles. The van der Waals surface area contributed by atoms with E-state index >= 15 is 0 Å². The zero-order valence-corrected chi connectivity index (χ0v) is 11.7. The van der Waals surface area contributed by atoms with Gasteiger partial charge in [0, 0.05) is 12.1 Å². The molecular formula is C14H21N3S. The molecule has 2 rings (SSSR count). The van der Waals surface area contributed by atoms with Crippen LogP contribution in [0.5, 0.6) is 0 Å². The number of aromatic amines is 1. The van der Waals surface area contributed by atoms with Crippen LogP contribution < -0.4 is 5.32 Å². The number of thiophene rings is 1.